The van der Waals surface area contributed by atoms with Crippen molar-refractivity contribution in [1.29, 1.82) is 0 Å². The molecule has 4 heteroatoms. The fourth-order valence-corrected chi connectivity index (χ4v) is 2.30. The van der Waals surface area contributed by atoms with Crippen LogP contribution in [0.4, 0.5) is 0 Å². The molecule has 1 aromatic rings. The molecule has 0 aliphatic rings. The van der Waals surface area contributed by atoms with Gasteiger partial charge in [0.05, 0.1) is 12.1 Å². The number of benzene rings is 1. The Hall–Kier alpha value is -0.440. The van der Waals surface area contributed by atoms with Gasteiger partial charge in [-0.2, -0.15) is 0 Å². The summed E-state index contributed by atoms with van der Waals surface area (Å²) < 4.78 is 5.35. The van der Waals surface area contributed by atoms with E-state index in [1.165, 1.54) is 11.1 Å². The largest absolute Gasteiger partial charge is 0.495 e. The van der Waals surface area contributed by atoms with Gasteiger partial charge in [-0.05, 0) is 36.5 Å². The summed E-state index contributed by atoms with van der Waals surface area (Å²) in [4.78, 5) is 0. The molecule has 1 aromatic carbocycles. The first-order chi connectivity index (χ1) is 8.12. The molecule has 2 N–H and O–H groups in total. The minimum absolute atomic E-state index is 0. The number of hydrogen-bond acceptors (Lipinski definition) is 2. The minimum Gasteiger partial charge on any atom is -0.495 e. The summed E-state index contributed by atoms with van der Waals surface area (Å²) in [6, 6.07) is 4.34. The van der Waals surface area contributed by atoms with Crippen molar-refractivity contribution in [3.63, 3.8) is 0 Å². The van der Waals surface area contributed by atoms with Crippen molar-refractivity contribution in [2.24, 2.45) is 5.73 Å². The van der Waals surface area contributed by atoms with Crippen LogP contribution >= 0.6 is 24.0 Å². The molecule has 1 atom stereocenters. The van der Waals surface area contributed by atoms with E-state index >= 15 is 0 Å². The standard InChI is InChI=1S/C14H22ClNO.ClH/c1-4-6-11-7-10(8-12(16)5-2)9-13(15)14(11)17-3;/h7,9,12H,4-6,8,16H2,1-3H3;1H. The van der Waals surface area contributed by atoms with Gasteiger partial charge in [-0.15, -0.1) is 12.4 Å². The lowest BCUT2D eigenvalue weighted by molar-refractivity contribution is 0.409. The van der Waals surface area contributed by atoms with E-state index < -0.39 is 0 Å². The highest BCUT2D eigenvalue weighted by Crippen LogP contribution is 2.31. The third kappa shape index (κ3) is 4.68. The topological polar surface area (TPSA) is 35.2 Å². The summed E-state index contributed by atoms with van der Waals surface area (Å²) in [6.07, 6.45) is 3.91. The number of hydrogen-bond donors (Lipinski definition) is 1. The molecule has 18 heavy (non-hydrogen) atoms. The zero-order valence-corrected chi connectivity index (χ0v) is 12.9. The first-order valence-corrected chi connectivity index (χ1v) is 6.61. The Morgan fingerprint density at radius 2 is 2.00 bits per heavy atom. The molecular formula is C14H23Cl2NO. The molecule has 0 aliphatic carbocycles. The van der Waals surface area contributed by atoms with Crippen molar-refractivity contribution in [3.05, 3.63) is 28.3 Å². The molecule has 0 aromatic heterocycles. The van der Waals surface area contributed by atoms with Crippen LogP contribution in [0.5, 0.6) is 5.75 Å². The fraction of sp³-hybridized carbons (Fsp3) is 0.571. The first kappa shape index (κ1) is 17.6. The van der Waals surface area contributed by atoms with Gasteiger partial charge in [0.2, 0.25) is 0 Å². The fourth-order valence-electron chi connectivity index (χ4n) is 1.96. The first-order valence-electron chi connectivity index (χ1n) is 6.23. The zero-order valence-electron chi connectivity index (χ0n) is 11.3. The molecule has 0 aliphatic heterocycles. The van der Waals surface area contributed by atoms with Crippen LogP contribution in [0.2, 0.25) is 5.02 Å². The third-order valence-electron chi connectivity index (χ3n) is 2.93. The normalized spacial score (nSPS) is 11.8. The molecule has 0 saturated heterocycles. The molecule has 0 amide bonds. The highest BCUT2D eigenvalue weighted by atomic mass is 35.5. The number of rotatable bonds is 6. The van der Waals surface area contributed by atoms with E-state index in [2.05, 4.69) is 19.9 Å². The lowest BCUT2D eigenvalue weighted by atomic mass is 10.00. The Balaban J connectivity index is 0.00000289. The van der Waals surface area contributed by atoms with Crippen LogP contribution in [0.1, 0.15) is 37.8 Å². The van der Waals surface area contributed by atoms with E-state index in [1.54, 1.807) is 7.11 Å². The van der Waals surface area contributed by atoms with Gasteiger partial charge in [-0.3, -0.25) is 0 Å². The number of nitrogens with two attached hydrogens (primary N) is 1. The van der Waals surface area contributed by atoms with E-state index in [1.807, 2.05) is 6.07 Å². The van der Waals surface area contributed by atoms with Gasteiger partial charge < -0.3 is 10.5 Å². The Morgan fingerprint density at radius 1 is 1.33 bits per heavy atom. The minimum atomic E-state index is 0. The molecular weight excluding hydrogens is 269 g/mol. The summed E-state index contributed by atoms with van der Waals surface area (Å²) in [6.45, 7) is 4.25. The second-order valence-corrected chi connectivity index (χ2v) is 4.80. The summed E-state index contributed by atoms with van der Waals surface area (Å²) in [5, 5.41) is 0.691. The van der Waals surface area contributed by atoms with Gasteiger partial charge in [0.1, 0.15) is 5.75 Å². The molecule has 2 nitrogen and oxygen atoms in total. The number of aryl methyl sites for hydroxylation is 1. The Kier molecular flexibility index (Phi) is 8.41. The van der Waals surface area contributed by atoms with Crippen LogP contribution in [0, 0.1) is 0 Å². The maximum absolute atomic E-state index is 6.23. The lowest BCUT2D eigenvalue weighted by Crippen LogP contribution is -2.21. The van der Waals surface area contributed by atoms with Crippen molar-refractivity contribution in [2.45, 2.75) is 45.6 Å². The second-order valence-electron chi connectivity index (χ2n) is 4.39. The van der Waals surface area contributed by atoms with E-state index in [-0.39, 0.29) is 18.4 Å². The van der Waals surface area contributed by atoms with Crippen LogP contribution < -0.4 is 10.5 Å². The van der Waals surface area contributed by atoms with Gasteiger partial charge in [0.15, 0.2) is 0 Å². The predicted octanol–water partition coefficient (Wildman–Crippen LogP) is 4.00. The van der Waals surface area contributed by atoms with Crippen molar-refractivity contribution >= 4 is 24.0 Å². The highest BCUT2D eigenvalue weighted by molar-refractivity contribution is 6.32. The summed E-state index contributed by atoms with van der Waals surface area (Å²) in [7, 11) is 1.66. The number of halogens is 2. The lowest BCUT2D eigenvalue weighted by Gasteiger charge is -2.14. The van der Waals surface area contributed by atoms with Gasteiger partial charge >= 0.3 is 0 Å². The van der Waals surface area contributed by atoms with Crippen molar-refractivity contribution in [1.82, 2.24) is 0 Å². The maximum Gasteiger partial charge on any atom is 0.140 e. The van der Waals surface area contributed by atoms with Crippen LogP contribution in [0.3, 0.4) is 0 Å². The molecule has 104 valence electrons. The number of ether oxygens (including phenoxy) is 1. The zero-order chi connectivity index (χ0) is 12.8. The molecule has 0 spiro atoms. The SMILES string of the molecule is CCCc1cc(CC(N)CC)cc(Cl)c1OC.Cl. The average molecular weight is 292 g/mol. The third-order valence-corrected chi connectivity index (χ3v) is 3.21. The molecule has 1 unspecified atom stereocenters. The van der Waals surface area contributed by atoms with Gasteiger partial charge in [0.25, 0.3) is 0 Å². The smallest absolute Gasteiger partial charge is 0.140 e. The van der Waals surface area contributed by atoms with Crippen LogP contribution in [-0.2, 0) is 12.8 Å². The van der Waals surface area contributed by atoms with Crippen LogP contribution in [0.25, 0.3) is 0 Å². The van der Waals surface area contributed by atoms with E-state index in [0.29, 0.717) is 5.02 Å². The van der Waals surface area contributed by atoms with Crippen molar-refractivity contribution in [2.75, 3.05) is 7.11 Å². The maximum atomic E-state index is 6.23. The molecule has 0 bridgehead atoms. The van der Waals surface area contributed by atoms with Crippen molar-refractivity contribution in [3.8, 4) is 5.75 Å². The molecule has 1 rings (SSSR count). The van der Waals surface area contributed by atoms with E-state index in [9.17, 15) is 0 Å². The summed E-state index contributed by atoms with van der Waals surface area (Å²) in [5.41, 5.74) is 8.36. The Bertz CT molecular complexity index is 369. The van der Waals surface area contributed by atoms with Gasteiger partial charge in [-0.25, -0.2) is 0 Å². The predicted molar refractivity (Wildman–Crippen MR) is 81.2 cm³/mol. The number of methoxy groups -OCH3 is 1. The molecule has 0 heterocycles. The monoisotopic (exact) mass is 291 g/mol. The molecule has 0 fully saturated rings. The van der Waals surface area contributed by atoms with Gasteiger partial charge in [-0.1, -0.05) is 37.9 Å². The summed E-state index contributed by atoms with van der Waals surface area (Å²) >= 11 is 6.23. The quantitative estimate of drug-likeness (QED) is 0.860. The molecule has 0 radical (unpaired) electrons. The second kappa shape index (κ2) is 8.63. The van der Waals surface area contributed by atoms with E-state index in [4.69, 9.17) is 22.1 Å². The van der Waals surface area contributed by atoms with Gasteiger partial charge in [0, 0.05) is 6.04 Å². The van der Waals surface area contributed by atoms with Crippen molar-refractivity contribution < 1.29 is 4.74 Å². The summed E-state index contributed by atoms with van der Waals surface area (Å²) in [5.74, 6) is 0.808. The van der Waals surface area contributed by atoms with E-state index in [0.717, 1.165) is 31.4 Å². The average Bonchev–Trinajstić information content (AvgIpc) is 2.29. The van der Waals surface area contributed by atoms with Crippen LogP contribution in [-0.4, -0.2) is 13.2 Å². The molecule has 0 saturated carbocycles. The highest BCUT2D eigenvalue weighted by Gasteiger charge is 2.11. The Morgan fingerprint density at radius 3 is 2.50 bits per heavy atom. The van der Waals surface area contributed by atoms with Crippen LogP contribution in [0.15, 0.2) is 12.1 Å². The Labute approximate surface area is 121 Å².